The fourth-order valence-electron chi connectivity index (χ4n) is 3.00. The Labute approximate surface area is 161 Å². The number of carbonyl (C=O) groups is 1. The Bertz CT molecular complexity index is 785. The molecule has 0 saturated carbocycles. The summed E-state index contributed by atoms with van der Waals surface area (Å²) in [7, 11) is -1.03. The van der Waals surface area contributed by atoms with Gasteiger partial charge in [0.05, 0.1) is 25.9 Å². The average Bonchev–Trinajstić information content (AvgIpc) is 2.69. The van der Waals surface area contributed by atoms with Crippen molar-refractivity contribution in [2.24, 2.45) is 0 Å². The standard InChI is InChI=1S/C20H24N2O4S/c23-12-19-13-26-10-9-22(19)20(24)21-18-8-4-7-17(11-18)15-27(25)14-16-5-2-1-3-6-16/h1-8,11,19,23H,9-10,12-15H2,(H,21,24)/t19-,27-/m0/s1. The molecule has 0 unspecified atom stereocenters. The van der Waals surface area contributed by atoms with Crippen LogP contribution in [0.1, 0.15) is 11.1 Å². The van der Waals surface area contributed by atoms with E-state index >= 15 is 0 Å². The van der Waals surface area contributed by atoms with Crippen LogP contribution in [0.4, 0.5) is 10.5 Å². The fourth-order valence-corrected chi connectivity index (χ4v) is 4.22. The first kappa shape index (κ1) is 19.5. The molecule has 2 aromatic rings. The fraction of sp³-hybridized carbons (Fsp3) is 0.350. The van der Waals surface area contributed by atoms with Crippen molar-refractivity contribution < 1.29 is 18.8 Å². The number of hydrogen-bond donors (Lipinski definition) is 2. The minimum Gasteiger partial charge on any atom is -0.394 e. The predicted molar refractivity (Wildman–Crippen MR) is 106 cm³/mol. The predicted octanol–water partition coefficient (Wildman–Crippen LogP) is 2.36. The summed E-state index contributed by atoms with van der Waals surface area (Å²) in [4.78, 5) is 14.1. The van der Waals surface area contributed by atoms with Gasteiger partial charge in [0, 0.05) is 34.5 Å². The number of morpholine rings is 1. The van der Waals surface area contributed by atoms with Crippen molar-refractivity contribution in [3.63, 3.8) is 0 Å². The quantitative estimate of drug-likeness (QED) is 0.796. The minimum absolute atomic E-state index is 0.133. The SMILES string of the molecule is O=C(Nc1cccc(C[S@@](=O)Cc2ccccc2)c1)N1CCOC[C@@H]1CO. The Morgan fingerprint density at radius 1 is 1.15 bits per heavy atom. The summed E-state index contributed by atoms with van der Waals surface area (Å²) < 4.78 is 17.7. The van der Waals surface area contributed by atoms with Gasteiger partial charge in [0.15, 0.2) is 0 Å². The third-order valence-electron chi connectivity index (χ3n) is 4.38. The zero-order chi connectivity index (χ0) is 19.1. The van der Waals surface area contributed by atoms with Crippen LogP contribution in [-0.2, 0) is 27.0 Å². The first-order chi connectivity index (χ1) is 13.2. The second kappa shape index (κ2) is 9.64. The lowest BCUT2D eigenvalue weighted by atomic mass is 10.2. The molecule has 0 bridgehead atoms. The van der Waals surface area contributed by atoms with Gasteiger partial charge < -0.3 is 20.1 Å². The molecule has 2 aromatic carbocycles. The molecule has 144 valence electrons. The van der Waals surface area contributed by atoms with Crippen LogP contribution < -0.4 is 5.32 Å². The number of aliphatic hydroxyl groups excluding tert-OH is 1. The van der Waals surface area contributed by atoms with Crippen LogP contribution in [0.25, 0.3) is 0 Å². The van der Waals surface area contributed by atoms with Crippen LogP contribution in [0.5, 0.6) is 0 Å². The highest BCUT2D eigenvalue weighted by Gasteiger charge is 2.26. The van der Waals surface area contributed by atoms with Crippen LogP contribution in [0.2, 0.25) is 0 Å². The number of hydrogen-bond acceptors (Lipinski definition) is 4. The number of aliphatic hydroxyl groups is 1. The number of amides is 2. The second-order valence-electron chi connectivity index (χ2n) is 6.45. The van der Waals surface area contributed by atoms with Crippen LogP contribution >= 0.6 is 0 Å². The Hall–Kier alpha value is -2.22. The van der Waals surface area contributed by atoms with Crippen molar-refractivity contribution in [2.75, 3.05) is 31.7 Å². The van der Waals surface area contributed by atoms with E-state index in [-0.39, 0.29) is 18.7 Å². The Balaban J connectivity index is 1.59. The molecule has 2 N–H and O–H groups in total. The van der Waals surface area contributed by atoms with E-state index in [0.717, 1.165) is 11.1 Å². The van der Waals surface area contributed by atoms with Crippen molar-refractivity contribution in [1.82, 2.24) is 4.90 Å². The zero-order valence-corrected chi connectivity index (χ0v) is 15.9. The van der Waals surface area contributed by atoms with Gasteiger partial charge >= 0.3 is 6.03 Å². The Morgan fingerprint density at radius 3 is 2.67 bits per heavy atom. The first-order valence-corrected chi connectivity index (χ1v) is 10.4. The molecule has 1 heterocycles. The topological polar surface area (TPSA) is 78.9 Å². The van der Waals surface area contributed by atoms with Crippen LogP contribution in [0.3, 0.4) is 0 Å². The van der Waals surface area contributed by atoms with Crippen molar-refractivity contribution in [1.29, 1.82) is 0 Å². The van der Waals surface area contributed by atoms with Gasteiger partial charge in [-0.1, -0.05) is 42.5 Å². The average molecular weight is 388 g/mol. The van der Waals surface area contributed by atoms with Gasteiger partial charge in [0.1, 0.15) is 0 Å². The molecule has 2 amide bonds. The number of carbonyl (C=O) groups excluding carboxylic acids is 1. The minimum atomic E-state index is -1.03. The maximum Gasteiger partial charge on any atom is 0.322 e. The highest BCUT2D eigenvalue weighted by molar-refractivity contribution is 7.83. The van der Waals surface area contributed by atoms with E-state index in [2.05, 4.69) is 5.32 Å². The molecule has 7 heteroatoms. The number of urea groups is 1. The Morgan fingerprint density at radius 2 is 1.89 bits per heavy atom. The molecule has 1 aliphatic rings. The van der Waals surface area contributed by atoms with E-state index < -0.39 is 10.8 Å². The molecular formula is C20H24N2O4S. The van der Waals surface area contributed by atoms with Crippen LogP contribution in [0.15, 0.2) is 54.6 Å². The summed E-state index contributed by atoms with van der Waals surface area (Å²) in [6.07, 6.45) is 0. The van der Waals surface area contributed by atoms with E-state index in [1.807, 2.05) is 48.5 Å². The van der Waals surface area contributed by atoms with E-state index in [9.17, 15) is 14.1 Å². The van der Waals surface area contributed by atoms with Crippen molar-refractivity contribution in [3.8, 4) is 0 Å². The maximum atomic E-state index is 12.5. The van der Waals surface area contributed by atoms with E-state index in [4.69, 9.17) is 4.74 Å². The maximum absolute atomic E-state index is 12.5. The second-order valence-corrected chi connectivity index (χ2v) is 7.91. The van der Waals surface area contributed by atoms with Gasteiger partial charge in [-0.2, -0.15) is 0 Å². The molecule has 6 nitrogen and oxygen atoms in total. The third kappa shape index (κ3) is 5.63. The number of nitrogens with zero attached hydrogens (tertiary/aromatic N) is 1. The molecule has 3 rings (SSSR count). The van der Waals surface area contributed by atoms with Gasteiger partial charge in [0.2, 0.25) is 0 Å². The largest absolute Gasteiger partial charge is 0.394 e. The molecule has 27 heavy (non-hydrogen) atoms. The summed E-state index contributed by atoms with van der Waals surface area (Å²) in [5.41, 5.74) is 2.60. The molecule has 1 saturated heterocycles. The summed E-state index contributed by atoms with van der Waals surface area (Å²) >= 11 is 0. The third-order valence-corrected chi connectivity index (χ3v) is 5.69. The van der Waals surface area contributed by atoms with Gasteiger partial charge in [0.25, 0.3) is 0 Å². The summed E-state index contributed by atoms with van der Waals surface area (Å²) in [6, 6.07) is 16.5. The summed E-state index contributed by atoms with van der Waals surface area (Å²) in [5.74, 6) is 0.929. The molecule has 0 radical (unpaired) electrons. The van der Waals surface area contributed by atoms with Gasteiger partial charge in [-0.15, -0.1) is 0 Å². The lowest BCUT2D eigenvalue weighted by Crippen LogP contribution is -2.52. The Kier molecular flexibility index (Phi) is 6.98. The number of benzene rings is 2. The highest BCUT2D eigenvalue weighted by atomic mass is 32.2. The lowest BCUT2D eigenvalue weighted by molar-refractivity contribution is -0.00485. The molecule has 1 fully saturated rings. The molecule has 0 aromatic heterocycles. The molecule has 0 spiro atoms. The first-order valence-electron chi connectivity index (χ1n) is 8.90. The number of rotatable bonds is 6. The number of ether oxygens (including phenoxy) is 1. The van der Waals surface area contributed by atoms with Gasteiger partial charge in [-0.3, -0.25) is 4.21 Å². The van der Waals surface area contributed by atoms with E-state index in [1.165, 1.54) is 0 Å². The van der Waals surface area contributed by atoms with Crippen molar-refractivity contribution in [2.45, 2.75) is 17.5 Å². The summed E-state index contributed by atoms with van der Waals surface area (Å²) in [5, 5.41) is 12.3. The molecule has 1 aliphatic heterocycles. The van der Waals surface area contributed by atoms with Crippen molar-refractivity contribution >= 4 is 22.5 Å². The monoisotopic (exact) mass is 388 g/mol. The van der Waals surface area contributed by atoms with Crippen LogP contribution in [-0.4, -0.2) is 52.7 Å². The number of nitrogens with one attached hydrogen (secondary N) is 1. The van der Waals surface area contributed by atoms with Crippen LogP contribution in [0, 0.1) is 0 Å². The van der Waals surface area contributed by atoms with E-state index in [0.29, 0.717) is 37.0 Å². The zero-order valence-electron chi connectivity index (χ0n) is 15.0. The number of anilines is 1. The normalized spacial score (nSPS) is 18.1. The summed E-state index contributed by atoms with van der Waals surface area (Å²) in [6.45, 7) is 1.11. The lowest BCUT2D eigenvalue weighted by Gasteiger charge is -2.34. The highest BCUT2D eigenvalue weighted by Crippen LogP contribution is 2.16. The van der Waals surface area contributed by atoms with Gasteiger partial charge in [-0.05, 0) is 23.3 Å². The van der Waals surface area contributed by atoms with Crippen molar-refractivity contribution in [3.05, 3.63) is 65.7 Å². The molecule has 2 atom stereocenters. The van der Waals surface area contributed by atoms with Gasteiger partial charge in [-0.25, -0.2) is 4.79 Å². The molecule has 0 aliphatic carbocycles. The van der Waals surface area contributed by atoms with E-state index in [1.54, 1.807) is 11.0 Å². The molecular weight excluding hydrogens is 364 g/mol. The smallest absolute Gasteiger partial charge is 0.322 e.